The van der Waals surface area contributed by atoms with Crippen molar-refractivity contribution in [2.75, 3.05) is 26.2 Å². The summed E-state index contributed by atoms with van der Waals surface area (Å²) in [4.78, 5) is 14.5. The molecule has 0 aromatic heterocycles. The van der Waals surface area contributed by atoms with Gasteiger partial charge >= 0.3 is 5.97 Å². The molecular formula is C15H19I2NO2. The molecule has 0 aliphatic carbocycles. The number of benzene rings is 1. The summed E-state index contributed by atoms with van der Waals surface area (Å²) in [6.45, 7) is 5.58. The maximum atomic E-state index is 12.2. The highest BCUT2D eigenvalue weighted by molar-refractivity contribution is 14.1. The Labute approximate surface area is 147 Å². The Balaban J connectivity index is 1.88. The summed E-state index contributed by atoms with van der Waals surface area (Å²) in [5.41, 5.74) is 1.70. The van der Waals surface area contributed by atoms with Crippen LogP contribution < -0.4 is 0 Å². The van der Waals surface area contributed by atoms with Crippen molar-refractivity contribution in [1.29, 1.82) is 0 Å². The van der Waals surface area contributed by atoms with E-state index in [2.05, 4.69) is 56.1 Å². The van der Waals surface area contributed by atoms with E-state index in [9.17, 15) is 4.79 Å². The third kappa shape index (κ3) is 4.56. The summed E-state index contributed by atoms with van der Waals surface area (Å²) in [5.74, 6) is -0.198. The van der Waals surface area contributed by atoms with Crippen molar-refractivity contribution in [2.45, 2.75) is 26.2 Å². The number of rotatable bonds is 4. The number of ether oxygens (including phenoxy) is 1. The van der Waals surface area contributed by atoms with Gasteiger partial charge in [-0.2, -0.15) is 0 Å². The van der Waals surface area contributed by atoms with Crippen LogP contribution in [0.15, 0.2) is 12.1 Å². The molecule has 0 unspecified atom stereocenters. The Morgan fingerprint density at radius 1 is 1.25 bits per heavy atom. The number of nitrogens with zero attached hydrogens (tertiary/aromatic N) is 1. The monoisotopic (exact) mass is 499 g/mol. The zero-order chi connectivity index (χ0) is 14.5. The van der Waals surface area contributed by atoms with Crippen LogP contribution in [0.25, 0.3) is 0 Å². The highest BCUT2D eigenvalue weighted by Gasteiger charge is 2.15. The summed E-state index contributed by atoms with van der Waals surface area (Å²) < 4.78 is 7.61. The fourth-order valence-corrected chi connectivity index (χ4v) is 4.23. The SMILES string of the molecule is Cc1c(I)cc(I)cc1C(=O)OCCN1CCCCC1. The summed E-state index contributed by atoms with van der Waals surface area (Å²) in [7, 11) is 0. The van der Waals surface area contributed by atoms with Crippen molar-refractivity contribution in [3.05, 3.63) is 30.4 Å². The maximum Gasteiger partial charge on any atom is 0.338 e. The minimum absolute atomic E-state index is 0.198. The van der Waals surface area contributed by atoms with Gasteiger partial charge in [0.2, 0.25) is 0 Å². The molecule has 1 fully saturated rings. The Kier molecular flexibility index (Phi) is 6.54. The van der Waals surface area contributed by atoms with Crippen LogP contribution in [0, 0.1) is 14.1 Å². The van der Waals surface area contributed by atoms with Crippen molar-refractivity contribution < 1.29 is 9.53 Å². The van der Waals surface area contributed by atoms with E-state index in [0.29, 0.717) is 12.2 Å². The van der Waals surface area contributed by atoms with E-state index in [4.69, 9.17) is 4.74 Å². The van der Waals surface area contributed by atoms with E-state index in [0.717, 1.165) is 32.3 Å². The van der Waals surface area contributed by atoms with Crippen LogP contribution >= 0.6 is 45.2 Å². The van der Waals surface area contributed by atoms with Crippen LogP contribution in [0.3, 0.4) is 0 Å². The molecule has 1 aromatic rings. The number of halogens is 2. The summed E-state index contributed by atoms with van der Waals surface area (Å²) in [6.07, 6.45) is 3.86. The maximum absolute atomic E-state index is 12.2. The molecule has 0 amide bonds. The molecule has 0 radical (unpaired) electrons. The Bertz CT molecular complexity index is 485. The normalized spacial score (nSPS) is 16.1. The van der Waals surface area contributed by atoms with Gasteiger partial charge in [0.25, 0.3) is 0 Å². The molecule has 2 rings (SSSR count). The Morgan fingerprint density at radius 3 is 2.65 bits per heavy atom. The van der Waals surface area contributed by atoms with E-state index in [-0.39, 0.29) is 5.97 Å². The second-order valence-electron chi connectivity index (χ2n) is 5.10. The molecule has 3 nitrogen and oxygen atoms in total. The molecule has 1 saturated heterocycles. The third-order valence-corrected chi connectivity index (χ3v) is 5.36. The first kappa shape index (κ1) is 16.5. The van der Waals surface area contributed by atoms with Crippen LogP contribution in [-0.4, -0.2) is 37.1 Å². The molecule has 1 heterocycles. The topological polar surface area (TPSA) is 29.5 Å². The van der Waals surface area contributed by atoms with Gasteiger partial charge < -0.3 is 4.74 Å². The third-order valence-electron chi connectivity index (χ3n) is 3.62. The Morgan fingerprint density at radius 2 is 1.95 bits per heavy atom. The van der Waals surface area contributed by atoms with E-state index < -0.39 is 0 Å². The second-order valence-corrected chi connectivity index (χ2v) is 7.51. The van der Waals surface area contributed by atoms with Gasteiger partial charge in [-0.25, -0.2) is 4.79 Å². The molecular weight excluding hydrogens is 480 g/mol. The predicted molar refractivity (Wildman–Crippen MR) is 97.2 cm³/mol. The van der Waals surface area contributed by atoms with Gasteiger partial charge in [0.15, 0.2) is 0 Å². The van der Waals surface area contributed by atoms with Gasteiger partial charge in [-0.05, 0) is 95.7 Å². The van der Waals surface area contributed by atoms with Gasteiger partial charge in [-0.1, -0.05) is 6.42 Å². The largest absolute Gasteiger partial charge is 0.461 e. The lowest BCUT2D eigenvalue weighted by Crippen LogP contribution is -2.33. The van der Waals surface area contributed by atoms with Gasteiger partial charge in [0.05, 0.1) is 5.56 Å². The van der Waals surface area contributed by atoms with Crippen LogP contribution in [0.2, 0.25) is 0 Å². The molecule has 0 N–H and O–H groups in total. The van der Waals surface area contributed by atoms with Gasteiger partial charge in [-0.15, -0.1) is 0 Å². The van der Waals surface area contributed by atoms with Crippen LogP contribution in [0.5, 0.6) is 0 Å². The summed E-state index contributed by atoms with van der Waals surface area (Å²) >= 11 is 4.49. The summed E-state index contributed by atoms with van der Waals surface area (Å²) in [5, 5.41) is 0. The molecule has 5 heteroatoms. The lowest BCUT2D eigenvalue weighted by atomic mass is 10.1. The fourth-order valence-electron chi connectivity index (χ4n) is 2.39. The quantitative estimate of drug-likeness (QED) is 0.466. The minimum atomic E-state index is -0.198. The Hall–Kier alpha value is 0.110. The molecule has 0 atom stereocenters. The van der Waals surface area contributed by atoms with Crippen molar-refractivity contribution in [3.8, 4) is 0 Å². The van der Waals surface area contributed by atoms with E-state index in [1.54, 1.807) is 0 Å². The van der Waals surface area contributed by atoms with E-state index in [1.807, 2.05) is 13.0 Å². The molecule has 110 valence electrons. The van der Waals surface area contributed by atoms with Gasteiger partial charge in [0.1, 0.15) is 6.61 Å². The van der Waals surface area contributed by atoms with Crippen LogP contribution in [0.4, 0.5) is 0 Å². The molecule has 20 heavy (non-hydrogen) atoms. The number of hydrogen-bond acceptors (Lipinski definition) is 3. The molecule has 0 bridgehead atoms. The van der Waals surface area contributed by atoms with E-state index >= 15 is 0 Å². The van der Waals surface area contributed by atoms with E-state index in [1.165, 1.54) is 19.3 Å². The van der Waals surface area contributed by atoms with Crippen molar-refractivity contribution in [1.82, 2.24) is 4.90 Å². The summed E-state index contributed by atoms with van der Waals surface area (Å²) in [6, 6.07) is 3.97. The lowest BCUT2D eigenvalue weighted by molar-refractivity contribution is 0.0451. The standard InChI is InChI=1S/C15H19I2NO2/c1-11-13(9-12(16)10-14(11)17)15(19)20-8-7-18-5-3-2-4-6-18/h9-10H,2-8H2,1H3. The van der Waals surface area contributed by atoms with Crippen LogP contribution in [0.1, 0.15) is 35.2 Å². The highest BCUT2D eigenvalue weighted by Crippen LogP contribution is 2.21. The molecule has 1 aromatic carbocycles. The number of carbonyl (C=O) groups is 1. The number of likely N-dealkylation sites (tertiary alicyclic amines) is 1. The fraction of sp³-hybridized carbons (Fsp3) is 0.533. The van der Waals surface area contributed by atoms with Crippen LogP contribution in [-0.2, 0) is 4.74 Å². The van der Waals surface area contributed by atoms with Crippen molar-refractivity contribution >= 4 is 51.2 Å². The number of piperidine rings is 1. The van der Waals surface area contributed by atoms with Gasteiger partial charge in [-0.3, -0.25) is 4.90 Å². The molecule has 1 aliphatic heterocycles. The molecule has 1 aliphatic rings. The first-order chi connectivity index (χ1) is 9.58. The molecule has 0 saturated carbocycles. The zero-order valence-electron chi connectivity index (χ0n) is 11.6. The zero-order valence-corrected chi connectivity index (χ0v) is 15.9. The smallest absolute Gasteiger partial charge is 0.338 e. The number of esters is 1. The minimum Gasteiger partial charge on any atom is -0.461 e. The highest BCUT2D eigenvalue weighted by atomic mass is 127. The first-order valence-corrected chi connectivity index (χ1v) is 9.09. The van der Waals surface area contributed by atoms with Crippen molar-refractivity contribution in [2.24, 2.45) is 0 Å². The van der Waals surface area contributed by atoms with Gasteiger partial charge in [0, 0.05) is 13.7 Å². The first-order valence-electron chi connectivity index (χ1n) is 6.93. The number of hydrogen-bond donors (Lipinski definition) is 0. The van der Waals surface area contributed by atoms with Crippen molar-refractivity contribution in [3.63, 3.8) is 0 Å². The predicted octanol–water partition coefficient (Wildman–Crippen LogP) is 3.85. The average molecular weight is 499 g/mol. The molecule has 0 spiro atoms. The second kappa shape index (κ2) is 7.93. The lowest BCUT2D eigenvalue weighted by Gasteiger charge is -2.25. The number of carbonyl (C=O) groups excluding carboxylic acids is 1. The average Bonchev–Trinajstić information content (AvgIpc) is 2.44.